The predicted octanol–water partition coefficient (Wildman–Crippen LogP) is 6.43. The summed E-state index contributed by atoms with van der Waals surface area (Å²) >= 11 is 3.47. The molecule has 8 nitrogen and oxygen atoms in total. The average Bonchev–Trinajstić information content (AvgIpc) is 2.96. The van der Waals surface area contributed by atoms with Gasteiger partial charge in [0, 0.05) is 41.8 Å². The number of carbonyl (C=O) groups is 1. The largest absolute Gasteiger partial charge is 0.488 e. The van der Waals surface area contributed by atoms with Crippen molar-refractivity contribution in [1.29, 1.82) is 0 Å². The first kappa shape index (κ1) is 27.6. The monoisotopic (exact) mass is 602 g/mol. The molecule has 0 amide bonds. The fourth-order valence-electron chi connectivity index (χ4n) is 5.01. The van der Waals surface area contributed by atoms with E-state index in [1.807, 2.05) is 55.4 Å². The van der Waals surface area contributed by atoms with Crippen molar-refractivity contribution in [3.63, 3.8) is 0 Å². The number of fused-ring (bicyclic) bond motifs is 1. The SMILES string of the molecule is CN(C)c1ccc(C=Nn2c(C3CCCCC3)nc3ccc(Br)cc3c2=O)c(OCc2cccc(C(=O)O)c2)c1. The molecule has 0 bridgehead atoms. The molecular formula is C31H31BrN4O4. The van der Waals surface area contributed by atoms with Gasteiger partial charge in [-0.1, -0.05) is 47.3 Å². The number of hydrogen-bond acceptors (Lipinski definition) is 6. The fourth-order valence-corrected chi connectivity index (χ4v) is 5.37. The maximum Gasteiger partial charge on any atom is 0.335 e. The summed E-state index contributed by atoms with van der Waals surface area (Å²) in [6, 6.07) is 18.0. The highest BCUT2D eigenvalue weighted by Crippen LogP contribution is 2.32. The normalized spacial score (nSPS) is 14.1. The number of rotatable bonds is 8. The maximum atomic E-state index is 13.7. The Labute approximate surface area is 241 Å². The van der Waals surface area contributed by atoms with Crippen LogP contribution in [0.2, 0.25) is 0 Å². The number of nitrogens with zero attached hydrogens (tertiary/aromatic N) is 4. The number of ether oxygens (including phenoxy) is 1. The minimum atomic E-state index is -0.987. The number of halogens is 1. The lowest BCUT2D eigenvalue weighted by atomic mass is 9.88. The first-order valence-corrected chi connectivity index (χ1v) is 14.1. The Morgan fingerprint density at radius 1 is 1.12 bits per heavy atom. The number of benzene rings is 3. The van der Waals surface area contributed by atoms with Gasteiger partial charge in [-0.15, -0.1) is 0 Å². The second kappa shape index (κ2) is 12.0. The molecule has 206 valence electrons. The molecular weight excluding hydrogens is 572 g/mol. The zero-order valence-corrected chi connectivity index (χ0v) is 24.1. The molecule has 1 fully saturated rings. The molecule has 1 aliphatic carbocycles. The smallest absolute Gasteiger partial charge is 0.335 e. The molecule has 1 heterocycles. The first-order chi connectivity index (χ1) is 19.3. The molecule has 0 atom stereocenters. The third-order valence-electron chi connectivity index (χ3n) is 7.20. The van der Waals surface area contributed by atoms with E-state index in [0.717, 1.165) is 41.4 Å². The molecule has 0 unspecified atom stereocenters. The Kier molecular flexibility index (Phi) is 8.30. The van der Waals surface area contributed by atoms with Gasteiger partial charge in [-0.3, -0.25) is 4.79 Å². The van der Waals surface area contributed by atoms with E-state index in [1.54, 1.807) is 30.5 Å². The lowest BCUT2D eigenvalue weighted by Crippen LogP contribution is -2.25. The van der Waals surface area contributed by atoms with Crippen LogP contribution in [0.5, 0.6) is 5.75 Å². The predicted molar refractivity (Wildman–Crippen MR) is 161 cm³/mol. The zero-order chi connectivity index (χ0) is 28.2. The maximum absolute atomic E-state index is 13.7. The van der Waals surface area contributed by atoms with Crippen molar-refractivity contribution in [3.8, 4) is 5.75 Å². The summed E-state index contributed by atoms with van der Waals surface area (Å²) in [5, 5.41) is 14.5. The average molecular weight is 604 g/mol. The van der Waals surface area contributed by atoms with E-state index < -0.39 is 5.97 Å². The number of anilines is 1. The van der Waals surface area contributed by atoms with Crippen molar-refractivity contribution in [3.05, 3.63) is 98.0 Å². The molecule has 0 saturated heterocycles. The van der Waals surface area contributed by atoms with Crippen LogP contribution in [0, 0.1) is 0 Å². The number of hydrogen-bond donors (Lipinski definition) is 1. The standard InChI is InChI=1S/C31H31BrN4O4/c1-35(2)25-13-11-23(28(17-25)40-19-20-7-6-10-22(15-20)31(38)39)18-33-36-29(21-8-4-3-5-9-21)34-27-14-12-24(32)16-26(27)30(36)37/h6-7,10-18,21H,3-5,8-9,19H2,1-2H3,(H,38,39). The van der Waals surface area contributed by atoms with Crippen LogP contribution in [0.15, 0.2) is 75.0 Å². The molecule has 5 rings (SSSR count). The van der Waals surface area contributed by atoms with Gasteiger partial charge in [0.1, 0.15) is 18.2 Å². The Hall–Kier alpha value is -3.98. The van der Waals surface area contributed by atoms with Gasteiger partial charge in [0.2, 0.25) is 0 Å². The summed E-state index contributed by atoms with van der Waals surface area (Å²) < 4.78 is 8.44. The van der Waals surface area contributed by atoms with Crippen LogP contribution in [0.25, 0.3) is 10.9 Å². The zero-order valence-electron chi connectivity index (χ0n) is 22.5. The first-order valence-electron chi connectivity index (χ1n) is 13.3. The van der Waals surface area contributed by atoms with E-state index in [0.29, 0.717) is 28.0 Å². The van der Waals surface area contributed by atoms with Crippen molar-refractivity contribution in [2.45, 2.75) is 44.6 Å². The van der Waals surface area contributed by atoms with E-state index in [2.05, 4.69) is 21.0 Å². The fraction of sp³-hybridized carbons (Fsp3) is 0.290. The summed E-state index contributed by atoms with van der Waals surface area (Å²) in [5.74, 6) is 0.438. The number of carboxylic acid groups (broad SMARTS) is 1. The molecule has 1 N–H and O–H groups in total. The van der Waals surface area contributed by atoms with Gasteiger partial charge in [0.15, 0.2) is 0 Å². The Morgan fingerprint density at radius 2 is 1.93 bits per heavy atom. The van der Waals surface area contributed by atoms with Crippen molar-refractivity contribution >= 4 is 44.7 Å². The van der Waals surface area contributed by atoms with Crippen LogP contribution in [0.1, 0.15) is 65.3 Å². The molecule has 0 radical (unpaired) electrons. The van der Waals surface area contributed by atoms with Gasteiger partial charge < -0.3 is 14.7 Å². The highest BCUT2D eigenvalue weighted by atomic mass is 79.9. The molecule has 40 heavy (non-hydrogen) atoms. The third kappa shape index (κ3) is 6.09. The number of aromatic nitrogens is 2. The van der Waals surface area contributed by atoms with Crippen LogP contribution in [-0.4, -0.2) is 41.0 Å². The van der Waals surface area contributed by atoms with E-state index in [1.165, 1.54) is 11.1 Å². The molecule has 1 aromatic heterocycles. The Morgan fingerprint density at radius 3 is 2.67 bits per heavy atom. The minimum absolute atomic E-state index is 0.167. The van der Waals surface area contributed by atoms with E-state index in [9.17, 15) is 14.7 Å². The summed E-state index contributed by atoms with van der Waals surface area (Å²) in [6.07, 6.45) is 7.00. The van der Waals surface area contributed by atoms with Crippen LogP contribution < -0.4 is 15.2 Å². The highest BCUT2D eigenvalue weighted by Gasteiger charge is 2.22. The highest BCUT2D eigenvalue weighted by molar-refractivity contribution is 9.10. The van der Waals surface area contributed by atoms with Gasteiger partial charge in [-0.2, -0.15) is 9.78 Å². The number of carboxylic acids is 1. The van der Waals surface area contributed by atoms with E-state index in [4.69, 9.17) is 9.72 Å². The molecule has 4 aromatic rings. The molecule has 1 aliphatic rings. The third-order valence-corrected chi connectivity index (χ3v) is 7.69. The summed E-state index contributed by atoms with van der Waals surface area (Å²) in [5.41, 5.74) is 3.02. The second-order valence-electron chi connectivity index (χ2n) is 10.2. The minimum Gasteiger partial charge on any atom is -0.488 e. The summed E-state index contributed by atoms with van der Waals surface area (Å²) in [6.45, 7) is 0.178. The van der Waals surface area contributed by atoms with Gasteiger partial charge in [0.25, 0.3) is 5.56 Å². The lowest BCUT2D eigenvalue weighted by molar-refractivity contribution is 0.0696. The van der Waals surface area contributed by atoms with Gasteiger partial charge in [-0.05, 0) is 60.9 Å². The van der Waals surface area contributed by atoms with Gasteiger partial charge in [-0.25, -0.2) is 9.78 Å². The molecule has 3 aromatic carbocycles. The van der Waals surface area contributed by atoms with Crippen molar-refractivity contribution in [2.75, 3.05) is 19.0 Å². The van der Waals surface area contributed by atoms with Gasteiger partial charge >= 0.3 is 5.97 Å². The number of aromatic carboxylic acids is 1. The molecule has 0 spiro atoms. The summed E-state index contributed by atoms with van der Waals surface area (Å²) in [7, 11) is 3.89. The second-order valence-corrected chi connectivity index (χ2v) is 11.2. The summed E-state index contributed by atoms with van der Waals surface area (Å²) in [4.78, 5) is 32.0. The van der Waals surface area contributed by atoms with Gasteiger partial charge in [0.05, 0.1) is 22.7 Å². The Bertz CT molecular complexity index is 1640. The topological polar surface area (TPSA) is 97.0 Å². The van der Waals surface area contributed by atoms with Crippen LogP contribution in [0.3, 0.4) is 0 Å². The molecule has 9 heteroatoms. The lowest BCUT2D eigenvalue weighted by Gasteiger charge is -2.23. The van der Waals surface area contributed by atoms with Crippen LogP contribution >= 0.6 is 15.9 Å². The van der Waals surface area contributed by atoms with E-state index in [-0.39, 0.29) is 23.6 Å². The molecule has 0 aliphatic heterocycles. The van der Waals surface area contributed by atoms with E-state index >= 15 is 0 Å². The van der Waals surface area contributed by atoms with Crippen LogP contribution in [-0.2, 0) is 6.61 Å². The van der Waals surface area contributed by atoms with Crippen molar-refractivity contribution in [2.24, 2.45) is 5.10 Å². The van der Waals surface area contributed by atoms with Crippen LogP contribution in [0.4, 0.5) is 5.69 Å². The Balaban J connectivity index is 1.54. The quantitative estimate of drug-likeness (QED) is 0.233. The van der Waals surface area contributed by atoms with Crippen molar-refractivity contribution < 1.29 is 14.6 Å². The van der Waals surface area contributed by atoms with Crippen molar-refractivity contribution in [1.82, 2.24) is 9.66 Å². The molecule has 1 saturated carbocycles.